The topological polar surface area (TPSA) is 39.7 Å². The number of hydrogen-bond donors (Lipinski definition) is 1. The molecule has 0 unspecified atom stereocenters. The van der Waals surface area contributed by atoms with Gasteiger partial charge >= 0.3 is 0 Å². The van der Waals surface area contributed by atoms with Crippen molar-refractivity contribution in [1.29, 1.82) is 0 Å². The average molecular weight is 507 g/mol. The van der Waals surface area contributed by atoms with Crippen LogP contribution in [0, 0.1) is 9.39 Å². The van der Waals surface area contributed by atoms with Crippen molar-refractivity contribution in [1.82, 2.24) is 0 Å². The number of benzene rings is 3. The van der Waals surface area contributed by atoms with Crippen molar-refractivity contribution in [3.63, 3.8) is 0 Å². The second-order valence-electron chi connectivity index (χ2n) is 6.34. The highest BCUT2D eigenvalue weighted by Gasteiger charge is 2.12. The van der Waals surface area contributed by atoms with Gasteiger partial charge < -0.3 is 19.5 Å². The molecule has 0 radical (unpaired) electrons. The van der Waals surface area contributed by atoms with Crippen LogP contribution in [0.2, 0.25) is 0 Å². The van der Waals surface area contributed by atoms with Crippen LogP contribution in [0.3, 0.4) is 0 Å². The van der Waals surface area contributed by atoms with Gasteiger partial charge in [0.1, 0.15) is 18.2 Å². The van der Waals surface area contributed by atoms with Crippen molar-refractivity contribution in [2.45, 2.75) is 20.1 Å². The fourth-order valence-corrected chi connectivity index (χ4v) is 3.61. The molecule has 3 aromatic rings. The summed E-state index contributed by atoms with van der Waals surface area (Å²) in [5, 5.41) is 3.40. The van der Waals surface area contributed by atoms with Crippen molar-refractivity contribution < 1.29 is 18.6 Å². The summed E-state index contributed by atoms with van der Waals surface area (Å²) in [6.07, 6.45) is 0. The van der Waals surface area contributed by atoms with Crippen molar-refractivity contribution in [2.75, 3.05) is 19.0 Å². The van der Waals surface area contributed by atoms with E-state index in [0.717, 1.165) is 26.1 Å². The fourth-order valence-electron chi connectivity index (χ4n) is 2.79. The Morgan fingerprint density at radius 1 is 0.931 bits per heavy atom. The zero-order valence-corrected chi connectivity index (χ0v) is 18.5. The Balaban J connectivity index is 1.66. The predicted molar refractivity (Wildman–Crippen MR) is 121 cm³/mol. The number of methoxy groups -OCH3 is 1. The molecule has 0 saturated heterocycles. The maximum absolute atomic E-state index is 13.1. The smallest absolute Gasteiger partial charge is 0.174 e. The molecule has 0 fully saturated rings. The van der Waals surface area contributed by atoms with Crippen molar-refractivity contribution in [3.05, 3.63) is 81.2 Å². The molecule has 3 rings (SSSR count). The Hall–Kier alpha value is -2.48. The maximum atomic E-state index is 13.1. The van der Waals surface area contributed by atoms with Gasteiger partial charge in [-0.05, 0) is 89.2 Å². The van der Waals surface area contributed by atoms with Gasteiger partial charge in [-0.15, -0.1) is 0 Å². The van der Waals surface area contributed by atoms with Crippen LogP contribution in [0.1, 0.15) is 18.1 Å². The molecular weight excluding hydrogens is 484 g/mol. The molecule has 0 heterocycles. The Bertz CT molecular complexity index is 930. The van der Waals surface area contributed by atoms with Gasteiger partial charge in [0, 0.05) is 12.2 Å². The van der Waals surface area contributed by atoms with E-state index in [2.05, 4.69) is 34.0 Å². The second kappa shape index (κ2) is 10.3. The fraction of sp³-hybridized carbons (Fsp3) is 0.217. The summed E-state index contributed by atoms with van der Waals surface area (Å²) in [5.74, 6) is 1.95. The normalized spacial score (nSPS) is 10.5. The molecule has 0 aliphatic heterocycles. The van der Waals surface area contributed by atoms with Crippen LogP contribution >= 0.6 is 22.6 Å². The molecule has 0 bridgehead atoms. The average Bonchev–Trinajstić information content (AvgIpc) is 2.73. The monoisotopic (exact) mass is 507 g/mol. The Labute approximate surface area is 184 Å². The van der Waals surface area contributed by atoms with E-state index in [-0.39, 0.29) is 5.82 Å². The zero-order chi connectivity index (χ0) is 20.6. The molecule has 4 nitrogen and oxygen atoms in total. The third kappa shape index (κ3) is 6.00. The van der Waals surface area contributed by atoms with Crippen LogP contribution in [-0.4, -0.2) is 13.7 Å². The molecule has 0 saturated carbocycles. The van der Waals surface area contributed by atoms with Gasteiger partial charge in [0.05, 0.1) is 17.3 Å². The minimum absolute atomic E-state index is 0.259. The van der Waals surface area contributed by atoms with Gasteiger partial charge in [-0.3, -0.25) is 0 Å². The molecule has 3 aromatic carbocycles. The van der Waals surface area contributed by atoms with Gasteiger partial charge in [-0.25, -0.2) is 4.39 Å². The third-order valence-corrected chi connectivity index (χ3v) is 5.05. The summed E-state index contributed by atoms with van der Waals surface area (Å²) in [7, 11) is 1.62. The maximum Gasteiger partial charge on any atom is 0.174 e. The highest BCUT2D eigenvalue weighted by molar-refractivity contribution is 14.1. The first-order valence-electron chi connectivity index (χ1n) is 9.29. The number of halogens is 2. The lowest BCUT2D eigenvalue weighted by atomic mass is 10.2. The molecule has 0 aliphatic rings. The highest BCUT2D eigenvalue weighted by atomic mass is 127. The molecular formula is C23H23FINO3. The van der Waals surface area contributed by atoms with E-state index in [1.165, 1.54) is 12.1 Å². The highest BCUT2D eigenvalue weighted by Crippen LogP contribution is 2.35. The van der Waals surface area contributed by atoms with Crippen LogP contribution in [0.15, 0.2) is 60.7 Å². The summed E-state index contributed by atoms with van der Waals surface area (Å²) in [6, 6.07) is 18.2. The largest absolute Gasteiger partial charge is 0.494 e. The van der Waals surface area contributed by atoms with Gasteiger partial charge in [0.2, 0.25) is 0 Å². The van der Waals surface area contributed by atoms with Crippen LogP contribution in [-0.2, 0) is 13.2 Å². The lowest BCUT2D eigenvalue weighted by Crippen LogP contribution is -2.04. The van der Waals surface area contributed by atoms with E-state index in [4.69, 9.17) is 14.2 Å². The Morgan fingerprint density at radius 3 is 2.31 bits per heavy atom. The SMILES string of the molecule is CCOc1ccc(NCc2cc(I)c(OCc3ccc(F)cc3)c(OC)c2)cc1. The number of rotatable bonds is 9. The third-order valence-electron chi connectivity index (χ3n) is 4.25. The Kier molecular flexibility index (Phi) is 7.57. The summed E-state index contributed by atoms with van der Waals surface area (Å²) < 4.78 is 31.0. The first kappa shape index (κ1) is 21.2. The van der Waals surface area contributed by atoms with Crippen molar-refractivity contribution >= 4 is 28.3 Å². The molecule has 152 valence electrons. The van der Waals surface area contributed by atoms with Crippen LogP contribution < -0.4 is 19.5 Å². The quantitative estimate of drug-likeness (QED) is 0.359. The predicted octanol–water partition coefficient (Wildman–Crippen LogP) is 6.03. The van der Waals surface area contributed by atoms with E-state index in [9.17, 15) is 4.39 Å². The molecule has 0 amide bonds. The molecule has 0 spiro atoms. The molecule has 0 aliphatic carbocycles. The molecule has 1 N–H and O–H groups in total. The number of anilines is 1. The van der Waals surface area contributed by atoms with E-state index < -0.39 is 0 Å². The molecule has 6 heteroatoms. The first-order chi connectivity index (χ1) is 14.1. The lowest BCUT2D eigenvalue weighted by Gasteiger charge is -2.15. The van der Waals surface area contributed by atoms with E-state index in [0.29, 0.717) is 31.3 Å². The number of hydrogen-bond acceptors (Lipinski definition) is 4. The minimum Gasteiger partial charge on any atom is -0.494 e. The number of nitrogens with one attached hydrogen (secondary N) is 1. The van der Waals surface area contributed by atoms with E-state index in [1.54, 1.807) is 19.2 Å². The van der Waals surface area contributed by atoms with Crippen molar-refractivity contribution in [2.24, 2.45) is 0 Å². The summed E-state index contributed by atoms with van der Waals surface area (Å²) in [5.41, 5.74) is 2.99. The van der Waals surface area contributed by atoms with Gasteiger partial charge in [-0.1, -0.05) is 12.1 Å². The molecule has 0 atom stereocenters. The van der Waals surface area contributed by atoms with Crippen molar-refractivity contribution in [3.8, 4) is 17.2 Å². The van der Waals surface area contributed by atoms with Crippen LogP contribution in [0.5, 0.6) is 17.2 Å². The number of ether oxygens (including phenoxy) is 3. The second-order valence-corrected chi connectivity index (χ2v) is 7.50. The van der Waals surface area contributed by atoms with Crippen LogP contribution in [0.25, 0.3) is 0 Å². The van der Waals surface area contributed by atoms with Gasteiger partial charge in [0.15, 0.2) is 11.5 Å². The van der Waals surface area contributed by atoms with Crippen LogP contribution in [0.4, 0.5) is 10.1 Å². The van der Waals surface area contributed by atoms with Gasteiger partial charge in [-0.2, -0.15) is 0 Å². The summed E-state index contributed by atoms with van der Waals surface area (Å²) >= 11 is 2.24. The Morgan fingerprint density at radius 2 is 1.66 bits per heavy atom. The standard InChI is InChI=1S/C23H23FINO3/c1-3-28-20-10-8-19(9-11-20)26-14-17-12-21(25)23(22(13-17)27-2)29-15-16-4-6-18(24)7-5-16/h4-13,26H,3,14-15H2,1-2H3. The van der Waals surface area contributed by atoms with E-state index >= 15 is 0 Å². The molecule has 0 aromatic heterocycles. The van der Waals surface area contributed by atoms with Gasteiger partial charge in [0.25, 0.3) is 0 Å². The van der Waals surface area contributed by atoms with E-state index in [1.807, 2.05) is 37.3 Å². The lowest BCUT2D eigenvalue weighted by molar-refractivity contribution is 0.282. The zero-order valence-electron chi connectivity index (χ0n) is 16.4. The summed E-state index contributed by atoms with van der Waals surface area (Å²) in [4.78, 5) is 0. The molecule has 29 heavy (non-hydrogen) atoms. The summed E-state index contributed by atoms with van der Waals surface area (Å²) in [6.45, 7) is 3.61. The minimum atomic E-state index is -0.259. The first-order valence-corrected chi connectivity index (χ1v) is 10.4.